The summed E-state index contributed by atoms with van der Waals surface area (Å²) < 4.78 is 57.7. The van der Waals surface area contributed by atoms with Crippen molar-refractivity contribution in [3.8, 4) is 5.75 Å². The molecule has 1 aromatic carbocycles. The van der Waals surface area contributed by atoms with Gasteiger partial charge in [-0.05, 0) is 38.3 Å². The van der Waals surface area contributed by atoms with Crippen molar-refractivity contribution in [3.05, 3.63) is 30.1 Å². The molecule has 1 fully saturated rings. The Labute approximate surface area is 125 Å². The molecule has 122 valence electrons. The predicted octanol–water partition coefficient (Wildman–Crippen LogP) is 3.54. The number of hydrogen-bond acceptors (Lipinski definition) is 2. The Morgan fingerprint density at radius 3 is 2.64 bits per heavy atom. The van der Waals surface area contributed by atoms with Gasteiger partial charge in [-0.3, -0.25) is 4.79 Å². The first-order valence-electron chi connectivity index (χ1n) is 7.09. The largest absolute Gasteiger partial charge is 0.478 e. The number of para-hydroxylation sites is 1. The molecule has 1 aliphatic rings. The standard InChI is InChI=1S/C15H17F4NO2/c1-10(22-12-7-3-2-6-11(12)16)14(21)20-9-5-4-8-13(20)15(17,18)19/h2-3,6-7,10,13H,4-5,8-9H2,1H3. The Balaban J connectivity index is 2.10. The fraction of sp³-hybridized carbons (Fsp3) is 0.533. The van der Waals surface area contributed by atoms with Crippen LogP contribution in [0.1, 0.15) is 26.2 Å². The molecule has 2 rings (SSSR count). The van der Waals surface area contributed by atoms with Crippen LogP contribution in [0.3, 0.4) is 0 Å². The number of ether oxygens (including phenoxy) is 1. The third kappa shape index (κ3) is 3.69. The number of carbonyl (C=O) groups is 1. The van der Waals surface area contributed by atoms with Gasteiger partial charge in [-0.2, -0.15) is 13.2 Å². The number of amides is 1. The number of benzene rings is 1. The summed E-state index contributed by atoms with van der Waals surface area (Å²) in [4.78, 5) is 13.0. The Bertz CT molecular complexity index is 533. The summed E-state index contributed by atoms with van der Waals surface area (Å²) >= 11 is 0. The van der Waals surface area contributed by atoms with Gasteiger partial charge in [-0.1, -0.05) is 12.1 Å². The van der Waals surface area contributed by atoms with Gasteiger partial charge in [-0.15, -0.1) is 0 Å². The lowest BCUT2D eigenvalue weighted by Crippen LogP contribution is -2.54. The van der Waals surface area contributed by atoms with Gasteiger partial charge in [-0.25, -0.2) is 4.39 Å². The second-order valence-electron chi connectivity index (χ2n) is 5.28. The molecular formula is C15H17F4NO2. The third-order valence-electron chi connectivity index (χ3n) is 3.65. The maximum atomic E-state index is 13.5. The van der Waals surface area contributed by atoms with Crippen molar-refractivity contribution < 1.29 is 27.1 Å². The first-order valence-corrected chi connectivity index (χ1v) is 7.09. The number of rotatable bonds is 3. The molecule has 1 aromatic rings. The Morgan fingerprint density at radius 1 is 1.32 bits per heavy atom. The third-order valence-corrected chi connectivity index (χ3v) is 3.65. The second-order valence-corrected chi connectivity index (χ2v) is 5.28. The lowest BCUT2D eigenvalue weighted by atomic mass is 10.0. The lowest BCUT2D eigenvalue weighted by Gasteiger charge is -2.38. The highest BCUT2D eigenvalue weighted by Gasteiger charge is 2.47. The first-order chi connectivity index (χ1) is 10.3. The summed E-state index contributed by atoms with van der Waals surface area (Å²) in [5.74, 6) is -1.58. The summed E-state index contributed by atoms with van der Waals surface area (Å²) in [6.07, 6.45) is -4.81. The Hall–Kier alpha value is -1.79. The molecule has 0 N–H and O–H groups in total. The van der Waals surface area contributed by atoms with Gasteiger partial charge in [0.05, 0.1) is 0 Å². The predicted molar refractivity (Wildman–Crippen MR) is 71.9 cm³/mol. The van der Waals surface area contributed by atoms with Crippen molar-refractivity contribution in [3.63, 3.8) is 0 Å². The summed E-state index contributed by atoms with van der Waals surface area (Å²) in [7, 11) is 0. The molecule has 0 aliphatic carbocycles. The zero-order valence-corrected chi connectivity index (χ0v) is 12.1. The van der Waals surface area contributed by atoms with Crippen molar-refractivity contribution >= 4 is 5.91 Å². The van der Waals surface area contributed by atoms with Crippen LogP contribution in [0.5, 0.6) is 5.75 Å². The van der Waals surface area contributed by atoms with Gasteiger partial charge >= 0.3 is 6.18 Å². The van der Waals surface area contributed by atoms with Gasteiger partial charge in [0, 0.05) is 6.54 Å². The molecule has 2 atom stereocenters. The van der Waals surface area contributed by atoms with Crippen LogP contribution in [0.25, 0.3) is 0 Å². The number of likely N-dealkylation sites (tertiary alicyclic amines) is 1. The Morgan fingerprint density at radius 2 is 2.00 bits per heavy atom. The maximum absolute atomic E-state index is 13.5. The van der Waals surface area contributed by atoms with Crippen LogP contribution in [0, 0.1) is 5.82 Å². The molecular weight excluding hydrogens is 302 g/mol. The molecule has 1 heterocycles. The molecule has 3 nitrogen and oxygen atoms in total. The van der Waals surface area contributed by atoms with E-state index < -0.39 is 30.0 Å². The van der Waals surface area contributed by atoms with Gasteiger partial charge in [0.2, 0.25) is 0 Å². The van der Waals surface area contributed by atoms with Crippen LogP contribution < -0.4 is 4.74 Å². The van der Waals surface area contributed by atoms with E-state index in [1.165, 1.54) is 25.1 Å². The molecule has 0 radical (unpaired) electrons. The van der Waals surface area contributed by atoms with Crippen molar-refractivity contribution in [2.45, 2.75) is 44.5 Å². The van der Waals surface area contributed by atoms with Crippen LogP contribution in [-0.4, -0.2) is 35.7 Å². The molecule has 22 heavy (non-hydrogen) atoms. The SMILES string of the molecule is CC(Oc1ccccc1F)C(=O)N1CCCCC1C(F)(F)F. The fourth-order valence-corrected chi connectivity index (χ4v) is 2.55. The van der Waals surface area contributed by atoms with Gasteiger partial charge in [0.1, 0.15) is 6.04 Å². The fourth-order valence-electron chi connectivity index (χ4n) is 2.55. The number of carbonyl (C=O) groups excluding carboxylic acids is 1. The molecule has 1 aliphatic heterocycles. The van der Waals surface area contributed by atoms with Gasteiger partial charge in [0.15, 0.2) is 17.7 Å². The summed E-state index contributed by atoms with van der Waals surface area (Å²) in [5, 5.41) is 0. The minimum Gasteiger partial charge on any atom is -0.478 e. The van der Waals surface area contributed by atoms with Crippen molar-refractivity contribution in [2.75, 3.05) is 6.54 Å². The van der Waals surface area contributed by atoms with E-state index in [-0.39, 0.29) is 18.7 Å². The van der Waals surface area contributed by atoms with E-state index in [2.05, 4.69) is 0 Å². The van der Waals surface area contributed by atoms with Gasteiger partial charge < -0.3 is 9.64 Å². The van der Waals surface area contributed by atoms with Crippen molar-refractivity contribution in [1.29, 1.82) is 0 Å². The number of hydrogen-bond donors (Lipinski definition) is 0. The molecule has 7 heteroatoms. The molecule has 0 saturated carbocycles. The summed E-state index contributed by atoms with van der Waals surface area (Å²) in [5.41, 5.74) is 0. The average Bonchev–Trinajstić information content (AvgIpc) is 2.48. The van der Waals surface area contributed by atoms with Crippen molar-refractivity contribution in [1.82, 2.24) is 4.90 Å². The molecule has 1 amide bonds. The monoisotopic (exact) mass is 319 g/mol. The smallest absolute Gasteiger partial charge is 0.408 e. The number of halogens is 4. The highest BCUT2D eigenvalue weighted by atomic mass is 19.4. The molecule has 2 unspecified atom stereocenters. The maximum Gasteiger partial charge on any atom is 0.408 e. The number of nitrogens with zero attached hydrogens (tertiary/aromatic N) is 1. The average molecular weight is 319 g/mol. The normalized spacial score (nSPS) is 20.6. The zero-order valence-electron chi connectivity index (χ0n) is 12.1. The van der Waals surface area contributed by atoms with E-state index in [4.69, 9.17) is 4.74 Å². The number of alkyl halides is 3. The van der Waals surface area contributed by atoms with Crippen LogP contribution in [0.4, 0.5) is 17.6 Å². The highest BCUT2D eigenvalue weighted by molar-refractivity contribution is 5.81. The quantitative estimate of drug-likeness (QED) is 0.798. The zero-order chi connectivity index (χ0) is 16.3. The van der Waals surface area contributed by atoms with Gasteiger partial charge in [0.25, 0.3) is 5.91 Å². The van der Waals surface area contributed by atoms with Crippen LogP contribution >= 0.6 is 0 Å². The van der Waals surface area contributed by atoms with E-state index in [1.807, 2.05) is 0 Å². The van der Waals surface area contributed by atoms with E-state index >= 15 is 0 Å². The first kappa shape index (κ1) is 16.6. The topological polar surface area (TPSA) is 29.5 Å². The van der Waals surface area contributed by atoms with E-state index in [0.29, 0.717) is 12.8 Å². The second kappa shape index (κ2) is 6.54. The minimum absolute atomic E-state index is 0.0357. The van der Waals surface area contributed by atoms with E-state index in [0.717, 1.165) is 11.0 Å². The Kier molecular flexibility index (Phi) is 4.93. The molecule has 0 aromatic heterocycles. The molecule has 0 spiro atoms. The van der Waals surface area contributed by atoms with Crippen LogP contribution in [0.15, 0.2) is 24.3 Å². The van der Waals surface area contributed by atoms with E-state index in [9.17, 15) is 22.4 Å². The minimum atomic E-state index is -4.46. The summed E-state index contributed by atoms with van der Waals surface area (Å²) in [6, 6.07) is 3.68. The molecule has 1 saturated heterocycles. The molecule has 0 bridgehead atoms. The lowest BCUT2D eigenvalue weighted by molar-refractivity contribution is -0.198. The van der Waals surface area contributed by atoms with Crippen LogP contribution in [-0.2, 0) is 4.79 Å². The highest BCUT2D eigenvalue weighted by Crippen LogP contribution is 2.32. The summed E-state index contributed by atoms with van der Waals surface area (Å²) in [6.45, 7) is 1.37. The van der Waals surface area contributed by atoms with Crippen LogP contribution in [0.2, 0.25) is 0 Å². The van der Waals surface area contributed by atoms with E-state index in [1.54, 1.807) is 0 Å². The number of piperidine rings is 1. The van der Waals surface area contributed by atoms with Crippen molar-refractivity contribution in [2.24, 2.45) is 0 Å².